The first-order chi connectivity index (χ1) is 7.86. The molecule has 2 heterocycles. The fourth-order valence-corrected chi connectivity index (χ4v) is 4.02. The summed E-state index contributed by atoms with van der Waals surface area (Å²) < 4.78 is 5.51. The number of hydrogen-bond donors (Lipinski definition) is 1. The van der Waals surface area contributed by atoms with Crippen LogP contribution in [-0.2, 0) is 4.74 Å². The van der Waals surface area contributed by atoms with Crippen molar-refractivity contribution in [2.24, 2.45) is 0 Å². The second-order valence-corrected chi connectivity index (χ2v) is 5.47. The van der Waals surface area contributed by atoms with Crippen LogP contribution in [0.25, 0.3) is 0 Å². The van der Waals surface area contributed by atoms with E-state index < -0.39 is 0 Å². The van der Waals surface area contributed by atoms with Crippen LogP contribution in [0.3, 0.4) is 0 Å². The predicted molar refractivity (Wildman–Crippen MR) is 64.1 cm³/mol. The Balaban J connectivity index is 1.90. The molecule has 16 heavy (non-hydrogen) atoms. The Kier molecular flexibility index (Phi) is 2.67. The van der Waals surface area contributed by atoms with E-state index in [1.165, 1.54) is 5.56 Å². The molecule has 3 nitrogen and oxygen atoms in total. The molecule has 86 valence electrons. The van der Waals surface area contributed by atoms with Crippen LogP contribution < -0.4 is 0 Å². The summed E-state index contributed by atoms with van der Waals surface area (Å²) in [5.74, 6) is 0.947. The fourth-order valence-electron chi connectivity index (χ4n) is 2.39. The lowest BCUT2D eigenvalue weighted by Gasteiger charge is -2.29. The number of thioether (sulfide) groups is 1. The first kappa shape index (κ1) is 10.6. The molecule has 0 radical (unpaired) electrons. The smallest absolute Gasteiger partial charge is 0.101 e. The van der Waals surface area contributed by atoms with Crippen molar-refractivity contribution in [3.63, 3.8) is 0 Å². The highest BCUT2D eigenvalue weighted by atomic mass is 32.2. The summed E-state index contributed by atoms with van der Waals surface area (Å²) in [6.07, 6.45) is 0. The lowest BCUT2D eigenvalue weighted by atomic mass is 10.0. The average molecular weight is 237 g/mol. The summed E-state index contributed by atoms with van der Waals surface area (Å²) in [4.78, 5) is 2.28. The fraction of sp³-hybridized carbons (Fsp3) is 0.500. The summed E-state index contributed by atoms with van der Waals surface area (Å²) >= 11 is 1.90. The van der Waals surface area contributed by atoms with Crippen molar-refractivity contribution in [2.75, 3.05) is 25.7 Å². The van der Waals surface area contributed by atoms with E-state index in [0.717, 1.165) is 5.75 Å². The van der Waals surface area contributed by atoms with Crippen molar-refractivity contribution in [1.29, 1.82) is 0 Å². The Hall–Kier alpha value is -0.550. The molecule has 2 aliphatic rings. The Bertz CT molecular complexity index is 373. The highest BCUT2D eigenvalue weighted by molar-refractivity contribution is 7.99. The van der Waals surface area contributed by atoms with Gasteiger partial charge in [0.25, 0.3) is 0 Å². The molecular weight excluding hydrogens is 222 g/mol. The highest BCUT2D eigenvalue weighted by Crippen LogP contribution is 2.48. The number of rotatable bonds is 2. The van der Waals surface area contributed by atoms with E-state index in [-0.39, 0.29) is 12.1 Å². The van der Waals surface area contributed by atoms with Crippen molar-refractivity contribution >= 4 is 11.8 Å². The zero-order valence-electron chi connectivity index (χ0n) is 9.00. The van der Waals surface area contributed by atoms with Crippen LogP contribution in [0.15, 0.2) is 30.3 Å². The van der Waals surface area contributed by atoms with Gasteiger partial charge in [-0.15, -0.1) is 11.8 Å². The van der Waals surface area contributed by atoms with Gasteiger partial charge in [-0.2, -0.15) is 0 Å². The maximum Gasteiger partial charge on any atom is 0.101 e. The largest absolute Gasteiger partial charge is 0.394 e. The van der Waals surface area contributed by atoms with E-state index in [0.29, 0.717) is 18.7 Å². The van der Waals surface area contributed by atoms with E-state index in [4.69, 9.17) is 4.74 Å². The molecule has 0 saturated carbocycles. The second kappa shape index (κ2) is 4.04. The van der Waals surface area contributed by atoms with E-state index in [1.807, 2.05) is 17.8 Å². The third-order valence-corrected chi connectivity index (χ3v) is 4.93. The molecule has 0 bridgehead atoms. The van der Waals surface area contributed by atoms with Crippen LogP contribution in [0.5, 0.6) is 0 Å². The summed E-state index contributed by atoms with van der Waals surface area (Å²) in [6, 6.07) is 10.4. The topological polar surface area (TPSA) is 32.7 Å². The van der Waals surface area contributed by atoms with Crippen LogP contribution in [-0.4, -0.2) is 41.2 Å². The summed E-state index contributed by atoms with van der Waals surface area (Å²) in [5.41, 5.74) is 1.15. The standard InChI is InChI=1S/C12H15NO2S/c14-6-12-7-15-9-13(12)11(16-8-12)10-4-2-1-3-5-10/h1-5,11,14H,6-9H2/t11-,12+/m0/s1. The minimum Gasteiger partial charge on any atom is -0.394 e. The quantitative estimate of drug-likeness (QED) is 0.844. The van der Waals surface area contributed by atoms with Crippen molar-refractivity contribution < 1.29 is 9.84 Å². The molecule has 2 saturated heterocycles. The molecule has 0 aromatic heterocycles. The van der Waals surface area contributed by atoms with Crippen LogP contribution in [0.4, 0.5) is 0 Å². The van der Waals surface area contributed by atoms with Gasteiger partial charge in [0, 0.05) is 5.75 Å². The van der Waals surface area contributed by atoms with E-state index in [9.17, 15) is 5.11 Å². The molecule has 2 aliphatic heterocycles. The Labute approximate surface area is 99.4 Å². The second-order valence-electron chi connectivity index (χ2n) is 4.40. The molecule has 0 spiro atoms. The lowest BCUT2D eigenvalue weighted by Crippen LogP contribution is -2.46. The van der Waals surface area contributed by atoms with Crippen molar-refractivity contribution in [3.8, 4) is 0 Å². The number of fused-ring (bicyclic) bond motifs is 1. The average Bonchev–Trinajstić information content (AvgIpc) is 2.88. The molecule has 3 rings (SSSR count). The number of benzene rings is 1. The molecule has 1 aromatic rings. The van der Waals surface area contributed by atoms with Gasteiger partial charge in [-0.25, -0.2) is 0 Å². The molecule has 0 amide bonds. The van der Waals surface area contributed by atoms with Gasteiger partial charge in [0.05, 0.1) is 24.1 Å². The molecule has 1 aromatic carbocycles. The Morgan fingerprint density at radius 1 is 1.44 bits per heavy atom. The maximum absolute atomic E-state index is 9.56. The molecule has 0 aliphatic carbocycles. The monoisotopic (exact) mass is 237 g/mol. The van der Waals surface area contributed by atoms with Crippen LogP contribution in [0.1, 0.15) is 10.9 Å². The van der Waals surface area contributed by atoms with Crippen molar-refractivity contribution in [2.45, 2.75) is 10.9 Å². The van der Waals surface area contributed by atoms with Gasteiger partial charge in [0.1, 0.15) is 6.73 Å². The number of aliphatic hydroxyl groups is 1. The first-order valence-electron chi connectivity index (χ1n) is 5.48. The minimum absolute atomic E-state index is 0.148. The van der Waals surface area contributed by atoms with Gasteiger partial charge in [0.2, 0.25) is 0 Å². The third-order valence-electron chi connectivity index (χ3n) is 3.38. The summed E-state index contributed by atoms with van der Waals surface area (Å²) in [5, 5.41) is 9.89. The van der Waals surface area contributed by atoms with Crippen LogP contribution in [0.2, 0.25) is 0 Å². The number of aliphatic hydroxyl groups excluding tert-OH is 1. The van der Waals surface area contributed by atoms with Gasteiger partial charge in [-0.1, -0.05) is 30.3 Å². The molecule has 2 fully saturated rings. The normalized spacial score (nSPS) is 34.2. The third kappa shape index (κ3) is 1.49. The summed E-state index contributed by atoms with van der Waals surface area (Å²) in [6.45, 7) is 1.47. The van der Waals surface area contributed by atoms with Gasteiger partial charge in [-0.05, 0) is 5.56 Å². The zero-order valence-corrected chi connectivity index (χ0v) is 9.82. The Morgan fingerprint density at radius 3 is 3.00 bits per heavy atom. The van der Waals surface area contributed by atoms with Crippen LogP contribution in [0, 0.1) is 0 Å². The van der Waals surface area contributed by atoms with E-state index in [2.05, 4.69) is 29.2 Å². The minimum atomic E-state index is -0.148. The highest BCUT2D eigenvalue weighted by Gasteiger charge is 2.50. The lowest BCUT2D eigenvalue weighted by molar-refractivity contribution is 0.0907. The van der Waals surface area contributed by atoms with Gasteiger partial charge < -0.3 is 9.84 Å². The van der Waals surface area contributed by atoms with Crippen molar-refractivity contribution in [3.05, 3.63) is 35.9 Å². The number of hydrogen-bond acceptors (Lipinski definition) is 4. The Morgan fingerprint density at radius 2 is 2.25 bits per heavy atom. The molecule has 0 unspecified atom stereocenters. The van der Waals surface area contributed by atoms with Gasteiger partial charge in [-0.3, -0.25) is 4.90 Å². The molecular formula is C12H15NO2S. The van der Waals surface area contributed by atoms with E-state index in [1.54, 1.807) is 0 Å². The molecule has 1 N–H and O–H groups in total. The maximum atomic E-state index is 9.56. The molecule has 2 atom stereocenters. The van der Waals surface area contributed by atoms with Gasteiger partial charge >= 0.3 is 0 Å². The van der Waals surface area contributed by atoms with Gasteiger partial charge in [0.15, 0.2) is 0 Å². The first-order valence-corrected chi connectivity index (χ1v) is 6.52. The van der Waals surface area contributed by atoms with Crippen LogP contribution >= 0.6 is 11.8 Å². The van der Waals surface area contributed by atoms with Crippen molar-refractivity contribution in [1.82, 2.24) is 4.90 Å². The summed E-state index contributed by atoms with van der Waals surface area (Å²) in [7, 11) is 0. The SMILES string of the molecule is OC[C@]12COCN1[C@H](c1ccccc1)SC2. The molecule has 4 heteroatoms. The number of nitrogens with zero attached hydrogens (tertiary/aromatic N) is 1. The zero-order chi connectivity index (χ0) is 11.0. The number of ether oxygens (including phenoxy) is 1. The van der Waals surface area contributed by atoms with E-state index >= 15 is 0 Å². The predicted octanol–water partition coefficient (Wildman–Crippen LogP) is 1.45.